The third-order valence-electron chi connectivity index (χ3n) is 3.27. The van der Waals surface area contributed by atoms with Crippen molar-refractivity contribution < 1.29 is 19.0 Å². The Morgan fingerprint density at radius 2 is 2.05 bits per heavy atom. The maximum atomic E-state index is 11.2. The van der Waals surface area contributed by atoms with Crippen molar-refractivity contribution >= 4 is 28.9 Å². The average Bonchev–Trinajstić information content (AvgIpc) is 3.16. The summed E-state index contributed by atoms with van der Waals surface area (Å²) in [6.45, 7) is 1.75. The van der Waals surface area contributed by atoms with Crippen LogP contribution in [0.25, 0.3) is 0 Å². The third kappa shape index (κ3) is 3.37. The first-order chi connectivity index (χ1) is 10.8. The van der Waals surface area contributed by atoms with Crippen LogP contribution in [-0.4, -0.2) is 29.1 Å². The summed E-state index contributed by atoms with van der Waals surface area (Å²) in [6.07, 6.45) is 0.223. The fourth-order valence-corrected chi connectivity index (χ4v) is 3.04. The van der Waals surface area contributed by atoms with E-state index in [1.807, 2.05) is 30.3 Å². The van der Waals surface area contributed by atoms with E-state index in [9.17, 15) is 4.79 Å². The summed E-state index contributed by atoms with van der Waals surface area (Å²) in [5, 5.41) is 0. The minimum absolute atomic E-state index is 0.220. The van der Waals surface area contributed by atoms with Gasteiger partial charge in [0, 0.05) is 0 Å². The topological polar surface area (TPSA) is 62.6 Å². The van der Waals surface area contributed by atoms with Gasteiger partial charge in [-0.25, -0.2) is 4.98 Å². The van der Waals surface area contributed by atoms with Crippen molar-refractivity contribution in [3.63, 3.8) is 0 Å². The fraction of sp³-hybridized carbons (Fsp3) is 0.333. The van der Waals surface area contributed by atoms with Crippen molar-refractivity contribution in [2.75, 3.05) is 13.2 Å². The van der Waals surface area contributed by atoms with Gasteiger partial charge in [-0.05, 0) is 28.2 Å². The Labute approximate surface area is 141 Å². The molecular weight excluding hydrogens is 399 g/mol. The Morgan fingerprint density at radius 1 is 1.32 bits per heavy atom. The van der Waals surface area contributed by atoms with E-state index in [-0.39, 0.29) is 6.73 Å². The molecule has 3 rings (SSSR count). The zero-order valence-electron chi connectivity index (χ0n) is 11.8. The molecule has 1 fully saturated rings. The van der Waals surface area contributed by atoms with E-state index in [1.54, 1.807) is 4.57 Å². The van der Waals surface area contributed by atoms with E-state index in [1.165, 1.54) is 0 Å². The molecule has 0 unspecified atom stereocenters. The van der Waals surface area contributed by atoms with Gasteiger partial charge in [0.15, 0.2) is 12.1 Å². The lowest BCUT2D eigenvalue weighted by atomic mass is 10.2. The van der Waals surface area contributed by atoms with Crippen molar-refractivity contribution in [2.45, 2.75) is 19.6 Å². The molecule has 7 heteroatoms. The highest BCUT2D eigenvalue weighted by Gasteiger charge is 2.27. The van der Waals surface area contributed by atoms with Crippen molar-refractivity contribution in [2.24, 2.45) is 0 Å². The van der Waals surface area contributed by atoms with E-state index in [0.717, 1.165) is 11.3 Å². The van der Waals surface area contributed by atoms with Crippen molar-refractivity contribution in [1.29, 1.82) is 0 Å². The average molecular weight is 414 g/mol. The van der Waals surface area contributed by atoms with E-state index in [4.69, 9.17) is 14.2 Å². The van der Waals surface area contributed by atoms with Crippen LogP contribution < -0.4 is 0 Å². The molecule has 116 valence electrons. The Kier molecular flexibility index (Phi) is 5.19. The molecule has 6 nitrogen and oxygen atoms in total. The summed E-state index contributed by atoms with van der Waals surface area (Å²) in [4.78, 5) is 15.5. The second-order valence-corrected chi connectivity index (χ2v) is 5.75. The van der Waals surface area contributed by atoms with Crippen molar-refractivity contribution in [1.82, 2.24) is 9.55 Å². The molecule has 2 aromatic rings. The number of halogens is 1. The molecule has 1 saturated heterocycles. The Morgan fingerprint density at radius 3 is 2.73 bits per heavy atom. The Balaban J connectivity index is 1.75. The maximum Gasteiger partial charge on any atom is 0.202 e. The van der Waals surface area contributed by atoms with E-state index >= 15 is 0 Å². The highest BCUT2D eigenvalue weighted by molar-refractivity contribution is 14.1. The minimum Gasteiger partial charge on any atom is -0.356 e. The normalized spacial score (nSPS) is 15.3. The quantitative estimate of drug-likeness (QED) is 0.537. The van der Waals surface area contributed by atoms with Crippen molar-refractivity contribution in [3.05, 3.63) is 51.1 Å². The number of nitrogens with zero attached hydrogens (tertiary/aromatic N) is 2. The highest BCUT2D eigenvalue weighted by Crippen LogP contribution is 2.28. The summed E-state index contributed by atoms with van der Waals surface area (Å²) in [5.41, 5.74) is 1.80. The molecule has 1 aromatic carbocycles. The standard InChI is InChI=1S/C15H15IN2O4/c16-14-13(15-21-6-7-22-15)18(12(8-19)17-14)10-20-9-11-4-2-1-3-5-11/h1-5,8,15H,6-7,9-10H2. The van der Waals surface area contributed by atoms with Crippen LogP contribution in [0, 0.1) is 3.70 Å². The van der Waals surface area contributed by atoms with E-state index < -0.39 is 6.29 Å². The summed E-state index contributed by atoms with van der Waals surface area (Å²) in [5.74, 6) is 0.312. The molecule has 1 aliphatic rings. The summed E-state index contributed by atoms with van der Waals surface area (Å²) >= 11 is 2.08. The smallest absolute Gasteiger partial charge is 0.202 e. The first-order valence-electron chi connectivity index (χ1n) is 6.85. The number of benzene rings is 1. The lowest BCUT2D eigenvalue weighted by Gasteiger charge is -2.14. The van der Waals surface area contributed by atoms with E-state index in [2.05, 4.69) is 27.6 Å². The number of carbonyl (C=O) groups excluding carboxylic acids is 1. The second kappa shape index (κ2) is 7.32. The number of imidazole rings is 1. The zero-order chi connectivity index (χ0) is 15.4. The molecule has 2 heterocycles. The van der Waals surface area contributed by atoms with Gasteiger partial charge in [-0.15, -0.1) is 0 Å². The highest BCUT2D eigenvalue weighted by atomic mass is 127. The molecule has 0 spiro atoms. The number of hydrogen-bond acceptors (Lipinski definition) is 5. The first-order valence-corrected chi connectivity index (χ1v) is 7.93. The van der Waals surface area contributed by atoms with Crippen LogP contribution in [0.5, 0.6) is 0 Å². The zero-order valence-corrected chi connectivity index (χ0v) is 13.9. The molecule has 0 radical (unpaired) electrons. The molecule has 0 atom stereocenters. The van der Waals surface area contributed by atoms with Gasteiger partial charge in [-0.2, -0.15) is 0 Å². The number of rotatable bonds is 6. The van der Waals surface area contributed by atoms with Gasteiger partial charge in [0.25, 0.3) is 0 Å². The largest absolute Gasteiger partial charge is 0.356 e. The molecule has 0 amide bonds. The van der Waals surface area contributed by atoms with Crippen LogP contribution in [0.15, 0.2) is 30.3 Å². The Hall–Kier alpha value is -1.29. The predicted octanol–water partition coefficient (Wildman–Crippen LogP) is 2.52. The van der Waals surface area contributed by atoms with Crippen LogP contribution >= 0.6 is 22.6 Å². The van der Waals surface area contributed by atoms with Crippen LogP contribution in [-0.2, 0) is 27.5 Å². The predicted molar refractivity (Wildman–Crippen MR) is 86.2 cm³/mol. The van der Waals surface area contributed by atoms with Crippen LogP contribution in [0.1, 0.15) is 28.2 Å². The van der Waals surface area contributed by atoms with Gasteiger partial charge < -0.3 is 14.2 Å². The molecule has 22 heavy (non-hydrogen) atoms. The Bertz CT molecular complexity index is 638. The molecule has 0 bridgehead atoms. The summed E-state index contributed by atoms with van der Waals surface area (Å²) in [6, 6.07) is 9.85. The maximum absolute atomic E-state index is 11.2. The number of aldehydes is 1. The fourth-order valence-electron chi connectivity index (χ4n) is 2.25. The number of hydrogen-bond donors (Lipinski definition) is 0. The van der Waals surface area contributed by atoms with E-state index in [0.29, 0.717) is 35.6 Å². The number of ether oxygens (including phenoxy) is 3. The van der Waals surface area contributed by atoms with Gasteiger partial charge in [0.2, 0.25) is 6.29 Å². The summed E-state index contributed by atoms with van der Waals surface area (Å²) < 4.78 is 19.2. The number of carbonyl (C=O) groups is 1. The first kappa shape index (κ1) is 15.6. The van der Waals surface area contributed by atoms with Gasteiger partial charge in [0.1, 0.15) is 16.1 Å². The van der Waals surface area contributed by atoms with Gasteiger partial charge in [-0.3, -0.25) is 9.36 Å². The SMILES string of the molecule is O=Cc1nc(I)c(C2OCCO2)n1COCc1ccccc1. The monoisotopic (exact) mass is 414 g/mol. The van der Waals surface area contributed by atoms with Gasteiger partial charge >= 0.3 is 0 Å². The van der Waals surface area contributed by atoms with Crippen LogP contribution in [0.2, 0.25) is 0 Å². The molecule has 1 aromatic heterocycles. The molecule has 0 aliphatic carbocycles. The third-order valence-corrected chi connectivity index (χ3v) is 4.07. The summed E-state index contributed by atoms with van der Waals surface area (Å²) in [7, 11) is 0. The lowest BCUT2D eigenvalue weighted by molar-refractivity contribution is -0.0553. The minimum atomic E-state index is -0.492. The molecule has 0 saturated carbocycles. The van der Waals surface area contributed by atoms with Gasteiger partial charge in [0.05, 0.1) is 19.8 Å². The van der Waals surface area contributed by atoms with Crippen molar-refractivity contribution in [3.8, 4) is 0 Å². The second-order valence-electron chi connectivity index (χ2n) is 4.73. The molecular formula is C15H15IN2O4. The molecule has 0 N–H and O–H groups in total. The molecule has 1 aliphatic heterocycles. The number of aromatic nitrogens is 2. The van der Waals surface area contributed by atoms with Crippen LogP contribution in [0.3, 0.4) is 0 Å². The lowest BCUT2D eigenvalue weighted by Crippen LogP contribution is -2.14. The van der Waals surface area contributed by atoms with Crippen LogP contribution in [0.4, 0.5) is 0 Å². The van der Waals surface area contributed by atoms with Gasteiger partial charge in [-0.1, -0.05) is 30.3 Å².